The summed E-state index contributed by atoms with van der Waals surface area (Å²) in [6, 6.07) is 17.0. The normalized spacial score (nSPS) is 21.2. The van der Waals surface area contributed by atoms with Crippen molar-refractivity contribution in [1.29, 1.82) is 0 Å². The topological polar surface area (TPSA) is 60.9 Å². The van der Waals surface area contributed by atoms with Gasteiger partial charge in [-0.25, -0.2) is 8.42 Å². The molecule has 6 nitrogen and oxygen atoms in total. The maximum atomic E-state index is 13.0. The van der Waals surface area contributed by atoms with Crippen molar-refractivity contribution in [3.63, 3.8) is 0 Å². The fourth-order valence-electron chi connectivity index (χ4n) is 4.59. The molecule has 4 rings (SSSR count). The Hall–Kier alpha value is -2.48. The molecule has 0 bridgehead atoms. The standard InChI is InChI=1S/C26H33N3O3S/c1-27-19-20-29(25(21-27)23-9-5-4-6-10-23)26(30)16-13-22-11-14-24(15-12-22)33(31,32)28-17-7-2-3-8-18-28/h4-6,9-16,25H,2-3,7-8,17-21H2,1H3/b16-13+/t25-/m1/s1. The number of piperazine rings is 1. The first-order valence-corrected chi connectivity index (χ1v) is 13.2. The second-order valence-corrected chi connectivity index (χ2v) is 10.9. The fourth-order valence-corrected chi connectivity index (χ4v) is 6.11. The third-order valence-corrected chi connectivity index (χ3v) is 8.47. The molecule has 2 aliphatic heterocycles. The summed E-state index contributed by atoms with van der Waals surface area (Å²) in [5.74, 6) is -0.0294. The van der Waals surface area contributed by atoms with E-state index >= 15 is 0 Å². The van der Waals surface area contributed by atoms with Gasteiger partial charge in [-0.3, -0.25) is 4.79 Å². The maximum absolute atomic E-state index is 13.0. The third-order valence-electron chi connectivity index (χ3n) is 6.55. The average molecular weight is 468 g/mol. The first-order valence-electron chi connectivity index (χ1n) is 11.8. The lowest BCUT2D eigenvalue weighted by atomic mass is 10.0. The van der Waals surface area contributed by atoms with Crippen LogP contribution in [-0.2, 0) is 14.8 Å². The molecule has 0 spiro atoms. The van der Waals surface area contributed by atoms with Crippen LogP contribution in [0.1, 0.15) is 42.9 Å². The van der Waals surface area contributed by atoms with E-state index in [0.717, 1.165) is 49.9 Å². The van der Waals surface area contributed by atoms with Gasteiger partial charge in [0.15, 0.2) is 0 Å². The van der Waals surface area contributed by atoms with Crippen molar-refractivity contribution in [1.82, 2.24) is 14.1 Å². The van der Waals surface area contributed by atoms with Crippen LogP contribution in [0.25, 0.3) is 6.08 Å². The van der Waals surface area contributed by atoms with Crippen LogP contribution in [0.3, 0.4) is 0 Å². The summed E-state index contributed by atoms with van der Waals surface area (Å²) in [4.78, 5) is 17.5. The molecule has 2 aromatic rings. The molecular weight excluding hydrogens is 434 g/mol. The summed E-state index contributed by atoms with van der Waals surface area (Å²) in [6.45, 7) is 3.49. The Kier molecular flexibility index (Phi) is 7.63. The average Bonchev–Trinajstić information content (AvgIpc) is 3.14. The zero-order valence-corrected chi connectivity index (χ0v) is 20.1. The van der Waals surface area contributed by atoms with E-state index in [9.17, 15) is 13.2 Å². The van der Waals surface area contributed by atoms with Crippen molar-refractivity contribution >= 4 is 22.0 Å². The van der Waals surface area contributed by atoms with Crippen LogP contribution >= 0.6 is 0 Å². The molecule has 1 amide bonds. The summed E-state index contributed by atoms with van der Waals surface area (Å²) in [6.07, 6.45) is 7.37. The number of nitrogens with zero attached hydrogens (tertiary/aromatic N) is 3. The highest BCUT2D eigenvalue weighted by Gasteiger charge is 2.29. The van der Waals surface area contributed by atoms with Crippen molar-refractivity contribution in [2.75, 3.05) is 39.8 Å². The van der Waals surface area contributed by atoms with Gasteiger partial charge in [-0.15, -0.1) is 0 Å². The third kappa shape index (κ3) is 5.72. The smallest absolute Gasteiger partial charge is 0.247 e. The molecule has 2 fully saturated rings. The molecule has 0 unspecified atom stereocenters. The molecule has 7 heteroatoms. The minimum absolute atomic E-state index is 0.0169. The molecule has 1 atom stereocenters. The van der Waals surface area contributed by atoms with Gasteiger partial charge in [0, 0.05) is 38.8 Å². The maximum Gasteiger partial charge on any atom is 0.247 e. The molecule has 33 heavy (non-hydrogen) atoms. The first-order chi connectivity index (χ1) is 15.9. The molecular formula is C26H33N3O3S. The summed E-state index contributed by atoms with van der Waals surface area (Å²) in [5.41, 5.74) is 1.94. The molecule has 2 heterocycles. The van der Waals surface area contributed by atoms with E-state index in [0.29, 0.717) is 24.5 Å². The van der Waals surface area contributed by atoms with Crippen LogP contribution in [0, 0.1) is 0 Å². The van der Waals surface area contributed by atoms with E-state index in [1.165, 1.54) is 0 Å². The zero-order chi connectivity index (χ0) is 23.3. The van der Waals surface area contributed by atoms with E-state index in [4.69, 9.17) is 0 Å². The summed E-state index contributed by atoms with van der Waals surface area (Å²) >= 11 is 0. The second kappa shape index (κ2) is 10.6. The number of benzene rings is 2. The van der Waals surface area contributed by atoms with E-state index in [2.05, 4.69) is 24.1 Å². The van der Waals surface area contributed by atoms with Gasteiger partial charge in [-0.2, -0.15) is 4.31 Å². The molecule has 2 aromatic carbocycles. The van der Waals surface area contributed by atoms with Crippen LogP contribution in [0.2, 0.25) is 0 Å². The molecule has 176 valence electrons. The van der Waals surface area contributed by atoms with Crippen molar-refractivity contribution in [2.24, 2.45) is 0 Å². The van der Waals surface area contributed by atoms with E-state index < -0.39 is 10.0 Å². The number of hydrogen-bond donors (Lipinski definition) is 0. The van der Waals surface area contributed by atoms with Gasteiger partial charge in [0.2, 0.25) is 15.9 Å². The van der Waals surface area contributed by atoms with E-state index in [-0.39, 0.29) is 11.9 Å². The zero-order valence-electron chi connectivity index (χ0n) is 19.3. The number of hydrogen-bond acceptors (Lipinski definition) is 4. The molecule has 2 saturated heterocycles. The summed E-state index contributed by atoms with van der Waals surface area (Å²) in [7, 11) is -1.39. The number of amides is 1. The lowest BCUT2D eigenvalue weighted by Gasteiger charge is -2.40. The number of carbonyl (C=O) groups excluding carboxylic acids is 1. The van der Waals surface area contributed by atoms with Crippen LogP contribution in [0.15, 0.2) is 65.6 Å². The molecule has 2 aliphatic rings. The highest BCUT2D eigenvalue weighted by Crippen LogP contribution is 2.25. The summed E-state index contributed by atoms with van der Waals surface area (Å²) in [5, 5.41) is 0. The van der Waals surface area contributed by atoms with Gasteiger partial charge in [0.1, 0.15) is 0 Å². The van der Waals surface area contributed by atoms with Gasteiger partial charge in [-0.05, 0) is 49.2 Å². The number of likely N-dealkylation sites (N-methyl/N-ethyl adjacent to an activating group) is 1. The van der Waals surface area contributed by atoms with E-state index in [1.54, 1.807) is 40.7 Å². The Morgan fingerprint density at radius 2 is 1.55 bits per heavy atom. The Labute approximate surface area is 197 Å². The summed E-state index contributed by atoms with van der Waals surface area (Å²) < 4.78 is 27.5. The van der Waals surface area contributed by atoms with Gasteiger partial charge in [0.05, 0.1) is 10.9 Å². The fraction of sp³-hybridized carbons (Fsp3) is 0.423. The SMILES string of the molecule is CN1CCN(C(=O)/C=C/c2ccc(S(=O)(=O)N3CCCCCC3)cc2)[C@@H](c2ccccc2)C1. The molecule has 0 radical (unpaired) electrons. The Bertz CT molecular complexity index is 1060. The van der Waals surface area contributed by atoms with Crippen LogP contribution in [0.4, 0.5) is 0 Å². The van der Waals surface area contributed by atoms with Crippen molar-refractivity contribution < 1.29 is 13.2 Å². The van der Waals surface area contributed by atoms with E-state index in [1.807, 2.05) is 23.1 Å². The number of carbonyl (C=O) groups is 1. The highest BCUT2D eigenvalue weighted by atomic mass is 32.2. The van der Waals surface area contributed by atoms with Crippen molar-refractivity contribution in [3.05, 3.63) is 71.8 Å². The first kappa shape index (κ1) is 23.7. The lowest BCUT2D eigenvalue weighted by Crippen LogP contribution is -2.48. The van der Waals surface area contributed by atoms with Crippen LogP contribution in [0.5, 0.6) is 0 Å². The quantitative estimate of drug-likeness (QED) is 0.628. The van der Waals surface area contributed by atoms with Crippen LogP contribution in [-0.4, -0.2) is 68.2 Å². The minimum Gasteiger partial charge on any atom is -0.330 e. The molecule has 0 aliphatic carbocycles. The largest absolute Gasteiger partial charge is 0.330 e. The highest BCUT2D eigenvalue weighted by molar-refractivity contribution is 7.89. The molecule has 0 saturated carbocycles. The van der Waals surface area contributed by atoms with Crippen LogP contribution < -0.4 is 0 Å². The lowest BCUT2D eigenvalue weighted by molar-refractivity contribution is -0.130. The number of sulfonamides is 1. The van der Waals surface area contributed by atoms with Gasteiger partial charge >= 0.3 is 0 Å². The predicted molar refractivity (Wildman–Crippen MR) is 131 cm³/mol. The van der Waals surface area contributed by atoms with Gasteiger partial charge in [-0.1, -0.05) is 55.3 Å². The van der Waals surface area contributed by atoms with Gasteiger partial charge < -0.3 is 9.80 Å². The predicted octanol–water partition coefficient (Wildman–Crippen LogP) is 3.78. The van der Waals surface area contributed by atoms with Gasteiger partial charge in [0.25, 0.3) is 0 Å². The number of rotatable bonds is 5. The Morgan fingerprint density at radius 1 is 0.879 bits per heavy atom. The second-order valence-electron chi connectivity index (χ2n) is 8.94. The monoisotopic (exact) mass is 467 g/mol. The Morgan fingerprint density at radius 3 is 2.21 bits per heavy atom. The minimum atomic E-state index is -3.46. The Balaban J connectivity index is 1.45. The molecule has 0 aromatic heterocycles. The van der Waals surface area contributed by atoms with Crippen molar-refractivity contribution in [2.45, 2.75) is 36.6 Å². The van der Waals surface area contributed by atoms with Crippen molar-refractivity contribution in [3.8, 4) is 0 Å². The molecule has 0 N–H and O–H groups in total.